The lowest BCUT2D eigenvalue weighted by molar-refractivity contribution is 1.31. The summed E-state index contributed by atoms with van der Waals surface area (Å²) in [4.78, 5) is 6.42. The molecule has 1 aromatic rings. The van der Waals surface area contributed by atoms with Crippen LogP contribution in [0.1, 0.15) is 0 Å². The van der Waals surface area contributed by atoms with Crippen molar-refractivity contribution in [3.63, 3.8) is 0 Å². The van der Waals surface area contributed by atoms with E-state index in [2.05, 4.69) is 23.1 Å². The molecule has 0 saturated carbocycles. The van der Waals surface area contributed by atoms with Crippen molar-refractivity contribution < 1.29 is 0 Å². The van der Waals surface area contributed by atoms with Gasteiger partial charge in [-0.1, -0.05) is 0 Å². The zero-order valence-electron chi connectivity index (χ0n) is 4.50. The summed E-state index contributed by atoms with van der Waals surface area (Å²) in [5.74, 6) is 0. The van der Waals surface area contributed by atoms with Gasteiger partial charge in [0.15, 0.2) is 0 Å². The molecule has 1 N–H and O–H groups in total. The second-order valence-corrected chi connectivity index (χ2v) is 0.761. The Morgan fingerprint density at radius 1 is 1.38 bits per heavy atom. The summed E-state index contributed by atoms with van der Waals surface area (Å²) < 4.78 is 0. The van der Waals surface area contributed by atoms with Crippen LogP contribution in [-0.2, 0) is 0 Å². The average Bonchev–Trinajstić information content (AvgIpc) is 2.23. The molecule has 0 amide bonds. The van der Waals surface area contributed by atoms with Crippen LogP contribution in [0.25, 0.3) is 0 Å². The molecule has 1 heterocycles. The van der Waals surface area contributed by atoms with Gasteiger partial charge in [-0.2, -0.15) is 0 Å². The van der Waals surface area contributed by atoms with E-state index in [0.29, 0.717) is 0 Å². The summed E-state index contributed by atoms with van der Waals surface area (Å²) >= 11 is 0. The van der Waals surface area contributed by atoms with E-state index in [1.165, 1.54) is 0 Å². The van der Waals surface area contributed by atoms with E-state index in [4.69, 9.17) is 0 Å². The van der Waals surface area contributed by atoms with Gasteiger partial charge in [-0.25, -0.2) is 4.98 Å². The van der Waals surface area contributed by atoms with Crippen molar-refractivity contribution in [1.82, 2.24) is 9.97 Å². The van der Waals surface area contributed by atoms with E-state index in [1.54, 1.807) is 18.7 Å². The number of H-pyrrole nitrogens is 1. The van der Waals surface area contributed by atoms with E-state index in [9.17, 15) is 0 Å². The molecular formula is C5H9BrN2. The number of nitrogens with zero attached hydrogens (tertiary/aromatic N) is 1. The van der Waals surface area contributed by atoms with Crippen molar-refractivity contribution in [1.29, 1.82) is 0 Å². The second kappa shape index (κ2) is 9.66. The Kier molecular flexibility index (Phi) is 12.6. The largest absolute Gasteiger partial charge is 0.351 e. The molecule has 0 saturated heterocycles. The SMILES string of the molecule is Br.C=C.c1c[nH]cn1. The van der Waals surface area contributed by atoms with E-state index in [0.717, 1.165) is 0 Å². The summed E-state index contributed by atoms with van der Waals surface area (Å²) in [5.41, 5.74) is 0. The number of nitrogens with one attached hydrogen (secondary N) is 1. The highest BCUT2D eigenvalue weighted by molar-refractivity contribution is 8.93. The predicted octanol–water partition coefficient (Wildman–Crippen LogP) is 1.79. The van der Waals surface area contributed by atoms with Crippen LogP contribution < -0.4 is 0 Å². The van der Waals surface area contributed by atoms with Gasteiger partial charge in [0.05, 0.1) is 6.33 Å². The molecule has 0 aliphatic carbocycles. The minimum absolute atomic E-state index is 0. The zero-order valence-corrected chi connectivity index (χ0v) is 6.21. The highest BCUT2D eigenvalue weighted by Gasteiger charge is 1.56. The first-order chi connectivity index (χ1) is 3.50. The van der Waals surface area contributed by atoms with Crippen LogP contribution in [0.2, 0.25) is 0 Å². The van der Waals surface area contributed by atoms with Gasteiger partial charge in [0.2, 0.25) is 0 Å². The normalized spacial score (nSPS) is 5.50. The number of hydrogen-bond acceptors (Lipinski definition) is 1. The van der Waals surface area contributed by atoms with Gasteiger partial charge in [0, 0.05) is 12.4 Å². The van der Waals surface area contributed by atoms with Gasteiger partial charge in [-0.15, -0.1) is 30.1 Å². The van der Waals surface area contributed by atoms with Crippen molar-refractivity contribution in [3.8, 4) is 0 Å². The summed E-state index contributed by atoms with van der Waals surface area (Å²) in [6.45, 7) is 6.00. The fourth-order valence-corrected chi connectivity index (χ4v) is 0.215. The van der Waals surface area contributed by atoms with Crippen molar-refractivity contribution in [2.24, 2.45) is 0 Å². The van der Waals surface area contributed by atoms with Gasteiger partial charge in [0.25, 0.3) is 0 Å². The molecule has 0 aromatic carbocycles. The van der Waals surface area contributed by atoms with Gasteiger partial charge < -0.3 is 4.98 Å². The molecule has 2 nitrogen and oxygen atoms in total. The summed E-state index contributed by atoms with van der Waals surface area (Å²) in [5, 5.41) is 0. The minimum atomic E-state index is 0. The molecule has 0 unspecified atom stereocenters. The van der Waals surface area contributed by atoms with Crippen molar-refractivity contribution in [2.75, 3.05) is 0 Å². The van der Waals surface area contributed by atoms with Gasteiger partial charge in [-0.05, 0) is 0 Å². The number of imidazole rings is 1. The number of rotatable bonds is 0. The van der Waals surface area contributed by atoms with Crippen LogP contribution in [0.3, 0.4) is 0 Å². The topological polar surface area (TPSA) is 28.7 Å². The molecular weight excluding hydrogens is 168 g/mol. The standard InChI is InChI=1S/C3H4N2.C2H4.BrH/c1-2-5-3-4-1;1-2;/h1-3H,(H,4,5);1-2H2;1H. The van der Waals surface area contributed by atoms with Crippen LogP contribution >= 0.6 is 17.0 Å². The molecule has 8 heavy (non-hydrogen) atoms. The van der Waals surface area contributed by atoms with Gasteiger partial charge >= 0.3 is 0 Å². The third-order valence-corrected chi connectivity index (χ3v) is 0.406. The Labute approximate surface area is 59.4 Å². The van der Waals surface area contributed by atoms with Crippen molar-refractivity contribution in [2.45, 2.75) is 0 Å². The summed E-state index contributed by atoms with van der Waals surface area (Å²) in [6, 6.07) is 0. The summed E-state index contributed by atoms with van der Waals surface area (Å²) in [6.07, 6.45) is 5.08. The molecule has 0 spiro atoms. The van der Waals surface area contributed by atoms with Gasteiger partial charge in [-0.3, -0.25) is 0 Å². The van der Waals surface area contributed by atoms with Crippen LogP contribution in [0.5, 0.6) is 0 Å². The number of aromatic amines is 1. The van der Waals surface area contributed by atoms with Crippen LogP contribution in [0.4, 0.5) is 0 Å². The first-order valence-corrected chi connectivity index (χ1v) is 1.93. The first kappa shape index (κ1) is 10.4. The van der Waals surface area contributed by atoms with Crippen LogP contribution in [0.15, 0.2) is 31.9 Å². The fourth-order valence-electron chi connectivity index (χ4n) is 0.215. The minimum Gasteiger partial charge on any atom is -0.351 e. The van der Waals surface area contributed by atoms with Crippen LogP contribution in [0, 0.1) is 0 Å². The van der Waals surface area contributed by atoms with E-state index in [-0.39, 0.29) is 17.0 Å². The molecule has 3 heteroatoms. The molecule has 0 fully saturated rings. The average molecular weight is 177 g/mol. The highest BCUT2D eigenvalue weighted by Crippen LogP contribution is 1.62. The predicted molar refractivity (Wildman–Crippen MR) is 40.2 cm³/mol. The highest BCUT2D eigenvalue weighted by atomic mass is 79.9. The smallest absolute Gasteiger partial charge is 0.0919 e. The second-order valence-electron chi connectivity index (χ2n) is 0.761. The quantitative estimate of drug-likeness (QED) is 0.601. The lowest BCUT2D eigenvalue weighted by Gasteiger charge is -1.46. The number of halogens is 1. The van der Waals surface area contributed by atoms with E-state index >= 15 is 0 Å². The first-order valence-electron chi connectivity index (χ1n) is 1.93. The number of aromatic nitrogens is 2. The Hall–Kier alpha value is -0.570. The Bertz CT molecular complexity index is 77.3. The summed E-state index contributed by atoms with van der Waals surface area (Å²) in [7, 11) is 0. The van der Waals surface area contributed by atoms with Gasteiger partial charge in [0.1, 0.15) is 0 Å². The molecule has 1 aromatic heterocycles. The Morgan fingerprint density at radius 2 is 2.00 bits per heavy atom. The Morgan fingerprint density at radius 3 is 2.12 bits per heavy atom. The third kappa shape index (κ3) is 5.43. The van der Waals surface area contributed by atoms with Crippen molar-refractivity contribution >= 4 is 17.0 Å². The van der Waals surface area contributed by atoms with Crippen molar-refractivity contribution in [3.05, 3.63) is 31.9 Å². The molecule has 0 radical (unpaired) electrons. The lowest BCUT2D eigenvalue weighted by atomic mass is 11.0. The maximum absolute atomic E-state index is 3.67. The molecule has 0 atom stereocenters. The fraction of sp³-hybridized carbons (Fsp3) is 0. The molecule has 1 rings (SSSR count). The third-order valence-electron chi connectivity index (χ3n) is 0.406. The lowest BCUT2D eigenvalue weighted by Crippen LogP contribution is -1.44. The van der Waals surface area contributed by atoms with E-state index < -0.39 is 0 Å². The molecule has 0 aliphatic rings. The molecule has 0 aliphatic heterocycles. The van der Waals surface area contributed by atoms with Crippen LogP contribution in [-0.4, -0.2) is 9.97 Å². The molecule has 46 valence electrons. The van der Waals surface area contributed by atoms with E-state index in [1.807, 2.05) is 0 Å². The monoisotopic (exact) mass is 176 g/mol. The molecule has 0 bridgehead atoms. The maximum Gasteiger partial charge on any atom is 0.0919 e. The maximum atomic E-state index is 3.67. The Balaban J connectivity index is 0. The zero-order chi connectivity index (χ0) is 5.54. The number of hydrogen-bond donors (Lipinski definition) is 1.